The van der Waals surface area contributed by atoms with Crippen LogP contribution in [0.25, 0.3) is 0 Å². The summed E-state index contributed by atoms with van der Waals surface area (Å²) in [6.45, 7) is 0.570. The van der Waals surface area contributed by atoms with E-state index in [0.29, 0.717) is 6.61 Å². The fourth-order valence-corrected chi connectivity index (χ4v) is 5.26. The van der Waals surface area contributed by atoms with Crippen LogP contribution in [-0.2, 0) is 10.0 Å². The molecule has 2 aromatic rings. The van der Waals surface area contributed by atoms with Gasteiger partial charge in [0, 0.05) is 25.0 Å². The van der Waals surface area contributed by atoms with E-state index < -0.39 is 10.0 Å². The van der Waals surface area contributed by atoms with Crippen molar-refractivity contribution in [3.05, 3.63) is 48.7 Å². The fraction of sp³-hybridized carbons (Fsp3) is 0.450. The summed E-state index contributed by atoms with van der Waals surface area (Å²) < 4.78 is 32.8. The Balaban J connectivity index is 1.52. The van der Waals surface area contributed by atoms with Crippen molar-refractivity contribution in [1.82, 2.24) is 9.29 Å². The van der Waals surface area contributed by atoms with Crippen molar-refractivity contribution >= 4 is 21.8 Å². The van der Waals surface area contributed by atoms with E-state index in [1.807, 2.05) is 30.3 Å². The summed E-state index contributed by atoms with van der Waals surface area (Å²) in [6, 6.07) is 13.2. The lowest BCUT2D eigenvalue weighted by atomic mass is 9.96. The average molecular weight is 407 g/mol. The van der Waals surface area contributed by atoms with Gasteiger partial charge in [-0.05, 0) is 37.1 Å². The first-order chi connectivity index (χ1) is 13.1. The highest BCUT2D eigenvalue weighted by Crippen LogP contribution is 2.27. The van der Waals surface area contributed by atoms with Crippen LogP contribution in [0.5, 0.6) is 5.75 Å². The Morgan fingerprint density at radius 3 is 2.52 bits per heavy atom. The highest BCUT2D eigenvalue weighted by molar-refractivity contribution is 7.99. The number of hydrogen-bond donors (Lipinski definition) is 0. The minimum absolute atomic E-state index is 0.105. The Hall–Kier alpha value is -1.57. The van der Waals surface area contributed by atoms with Crippen molar-refractivity contribution in [3.63, 3.8) is 0 Å². The fourth-order valence-electron chi connectivity index (χ4n) is 3.23. The standard InChI is InChI=1S/C20H26N2O3S2/c1-22(17-8-4-2-5-9-17)27(23,24)19-12-13-20(21-16-19)26-15-14-25-18-10-6-3-7-11-18/h3,6-7,10-13,16-17H,2,4-5,8-9,14-15H2,1H3. The molecular formula is C20H26N2O3S2. The second kappa shape index (κ2) is 9.57. The van der Waals surface area contributed by atoms with Crippen LogP contribution in [0.2, 0.25) is 0 Å². The molecule has 0 spiro atoms. The van der Waals surface area contributed by atoms with Crippen LogP contribution in [0.1, 0.15) is 32.1 Å². The zero-order valence-corrected chi connectivity index (χ0v) is 17.2. The lowest BCUT2D eigenvalue weighted by Gasteiger charge is -2.30. The Bertz CT molecular complexity index is 805. The first kappa shape index (κ1) is 20.2. The van der Waals surface area contributed by atoms with Crippen LogP contribution in [-0.4, -0.2) is 43.2 Å². The Labute approximate surface area is 166 Å². The van der Waals surface area contributed by atoms with E-state index in [1.165, 1.54) is 16.9 Å². The summed E-state index contributed by atoms with van der Waals surface area (Å²) in [6.07, 6.45) is 6.75. The molecule has 1 aliphatic rings. The predicted octanol–water partition coefficient (Wildman–Crippen LogP) is 4.21. The molecule has 146 valence electrons. The van der Waals surface area contributed by atoms with Crippen LogP contribution in [0.15, 0.2) is 58.6 Å². The van der Waals surface area contributed by atoms with E-state index in [-0.39, 0.29) is 10.9 Å². The monoisotopic (exact) mass is 406 g/mol. The van der Waals surface area contributed by atoms with E-state index >= 15 is 0 Å². The highest BCUT2D eigenvalue weighted by Gasteiger charge is 2.29. The molecule has 1 fully saturated rings. The van der Waals surface area contributed by atoms with Crippen LogP contribution in [0, 0.1) is 0 Å². The molecule has 27 heavy (non-hydrogen) atoms. The lowest BCUT2D eigenvalue weighted by Crippen LogP contribution is -2.38. The molecule has 0 amide bonds. The minimum Gasteiger partial charge on any atom is -0.493 e. The quantitative estimate of drug-likeness (QED) is 0.486. The molecule has 0 saturated heterocycles. The van der Waals surface area contributed by atoms with Gasteiger partial charge in [0.15, 0.2) is 0 Å². The van der Waals surface area contributed by atoms with Gasteiger partial charge in [0.25, 0.3) is 0 Å². The number of hydrogen-bond acceptors (Lipinski definition) is 5. The number of sulfonamides is 1. The summed E-state index contributed by atoms with van der Waals surface area (Å²) in [5, 5.41) is 0.797. The van der Waals surface area contributed by atoms with Crippen LogP contribution in [0.4, 0.5) is 0 Å². The summed E-state index contributed by atoms with van der Waals surface area (Å²) in [5.74, 6) is 1.59. The van der Waals surface area contributed by atoms with Gasteiger partial charge in [0.05, 0.1) is 11.6 Å². The second-order valence-electron chi connectivity index (χ2n) is 6.66. The first-order valence-corrected chi connectivity index (χ1v) is 11.7. The van der Waals surface area contributed by atoms with Gasteiger partial charge >= 0.3 is 0 Å². The zero-order valence-electron chi connectivity index (χ0n) is 15.6. The topological polar surface area (TPSA) is 59.5 Å². The molecule has 0 N–H and O–H groups in total. The van der Waals surface area contributed by atoms with Gasteiger partial charge in [0.2, 0.25) is 10.0 Å². The van der Waals surface area contributed by atoms with E-state index in [2.05, 4.69) is 4.98 Å². The van der Waals surface area contributed by atoms with Crippen LogP contribution >= 0.6 is 11.8 Å². The zero-order chi connectivity index (χ0) is 19.1. The van der Waals surface area contributed by atoms with Crippen molar-refractivity contribution in [2.45, 2.75) is 48.1 Å². The number of para-hydroxylation sites is 1. The van der Waals surface area contributed by atoms with Gasteiger partial charge in [-0.2, -0.15) is 4.31 Å². The van der Waals surface area contributed by atoms with Gasteiger partial charge in [-0.1, -0.05) is 37.5 Å². The number of ether oxygens (including phenoxy) is 1. The van der Waals surface area contributed by atoms with Gasteiger partial charge < -0.3 is 4.74 Å². The molecule has 1 aromatic heterocycles. The first-order valence-electron chi connectivity index (χ1n) is 9.32. The smallest absolute Gasteiger partial charge is 0.244 e. The molecule has 3 rings (SSSR count). The number of benzene rings is 1. The average Bonchev–Trinajstić information content (AvgIpc) is 2.72. The molecule has 0 bridgehead atoms. The SMILES string of the molecule is CN(C1CCCCC1)S(=O)(=O)c1ccc(SCCOc2ccccc2)nc1. The minimum atomic E-state index is -3.48. The van der Waals surface area contributed by atoms with Crippen LogP contribution < -0.4 is 4.74 Å². The maximum absolute atomic E-state index is 12.8. The number of rotatable bonds is 8. The third kappa shape index (κ3) is 5.46. The van der Waals surface area contributed by atoms with Crippen molar-refractivity contribution in [2.24, 2.45) is 0 Å². The van der Waals surface area contributed by atoms with E-state index in [9.17, 15) is 8.42 Å². The molecule has 7 heteroatoms. The van der Waals surface area contributed by atoms with Crippen molar-refractivity contribution in [1.29, 1.82) is 0 Å². The van der Waals surface area contributed by atoms with Gasteiger partial charge in [0.1, 0.15) is 10.6 Å². The van der Waals surface area contributed by atoms with Crippen molar-refractivity contribution in [3.8, 4) is 5.75 Å². The molecule has 1 heterocycles. The molecular weight excluding hydrogens is 380 g/mol. The number of pyridine rings is 1. The summed E-state index contributed by atoms with van der Waals surface area (Å²) in [4.78, 5) is 4.58. The molecule has 0 atom stereocenters. The molecule has 0 radical (unpaired) electrons. The summed E-state index contributed by atoms with van der Waals surface area (Å²) in [5.41, 5.74) is 0. The number of nitrogens with zero attached hydrogens (tertiary/aromatic N) is 2. The summed E-state index contributed by atoms with van der Waals surface area (Å²) in [7, 11) is -1.79. The molecule has 1 aliphatic carbocycles. The van der Waals surface area contributed by atoms with E-state index in [0.717, 1.165) is 42.2 Å². The lowest BCUT2D eigenvalue weighted by molar-refractivity contribution is 0.285. The normalized spacial score (nSPS) is 15.8. The largest absolute Gasteiger partial charge is 0.493 e. The molecule has 1 saturated carbocycles. The summed E-state index contributed by atoms with van der Waals surface area (Å²) >= 11 is 1.55. The second-order valence-corrected chi connectivity index (χ2v) is 9.77. The molecule has 5 nitrogen and oxygen atoms in total. The maximum Gasteiger partial charge on any atom is 0.244 e. The molecule has 0 aliphatic heterocycles. The van der Waals surface area contributed by atoms with E-state index in [1.54, 1.807) is 30.9 Å². The highest BCUT2D eigenvalue weighted by atomic mass is 32.2. The third-order valence-electron chi connectivity index (χ3n) is 4.82. The molecule has 1 aromatic carbocycles. The van der Waals surface area contributed by atoms with E-state index in [4.69, 9.17) is 4.74 Å². The van der Waals surface area contributed by atoms with Crippen molar-refractivity contribution in [2.75, 3.05) is 19.4 Å². The van der Waals surface area contributed by atoms with Gasteiger partial charge in [-0.25, -0.2) is 13.4 Å². The maximum atomic E-state index is 12.8. The Kier molecular flexibility index (Phi) is 7.15. The number of aromatic nitrogens is 1. The third-order valence-corrected chi connectivity index (χ3v) is 7.62. The Morgan fingerprint density at radius 2 is 1.85 bits per heavy atom. The van der Waals surface area contributed by atoms with Crippen LogP contribution in [0.3, 0.4) is 0 Å². The predicted molar refractivity (Wildman–Crippen MR) is 109 cm³/mol. The van der Waals surface area contributed by atoms with Crippen molar-refractivity contribution < 1.29 is 13.2 Å². The Morgan fingerprint density at radius 1 is 1.11 bits per heavy atom. The number of thioether (sulfide) groups is 1. The van der Waals surface area contributed by atoms with Gasteiger partial charge in [-0.15, -0.1) is 11.8 Å². The van der Waals surface area contributed by atoms with Gasteiger partial charge in [-0.3, -0.25) is 0 Å². The molecule has 0 unspecified atom stereocenters.